The van der Waals surface area contributed by atoms with Gasteiger partial charge in [0.15, 0.2) is 0 Å². The normalized spacial score (nSPS) is 26.7. The first kappa shape index (κ1) is 17.3. The summed E-state index contributed by atoms with van der Waals surface area (Å²) in [7, 11) is 0. The number of hydrogen-bond donors (Lipinski definition) is 1. The van der Waals surface area contributed by atoms with E-state index in [4.69, 9.17) is 9.47 Å². The Morgan fingerprint density at radius 1 is 1.12 bits per heavy atom. The maximum Gasteiger partial charge on any atom is 0.338 e. The fourth-order valence-corrected chi connectivity index (χ4v) is 4.19. The van der Waals surface area contributed by atoms with Crippen LogP contribution in [0.5, 0.6) is 5.75 Å². The summed E-state index contributed by atoms with van der Waals surface area (Å²) in [6.45, 7) is 7.14. The van der Waals surface area contributed by atoms with Gasteiger partial charge in [-0.2, -0.15) is 0 Å². The third-order valence-electron chi connectivity index (χ3n) is 5.32. The minimum atomic E-state index is -0.214. The molecule has 24 heavy (non-hydrogen) atoms. The van der Waals surface area contributed by atoms with Gasteiger partial charge in [0, 0.05) is 5.92 Å². The number of carbonyl (C=O) groups is 1. The van der Waals surface area contributed by atoms with Crippen molar-refractivity contribution in [3.8, 4) is 5.75 Å². The Kier molecular flexibility index (Phi) is 5.77. The van der Waals surface area contributed by atoms with Crippen LogP contribution in [0.25, 0.3) is 0 Å². The summed E-state index contributed by atoms with van der Waals surface area (Å²) in [6.07, 6.45) is 6.56. The van der Waals surface area contributed by atoms with Gasteiger partial charge in [-0.15, -0.1) is 0 Å². The smallest absolute Gasteiger partial charge is 0.338 e. The largest absolute Gasteiger partial charge is 0.491 e. The summed E-state index contributed by atoms with van der Waals surface area (Å²) in [5.41, 5.74) is 0.606. The molecular formula is C20H30NO3+. The molecule has 1 aromatic carbocycles. The van der Waals surface area contributed by atoms with Gasteiger partial charge in [0.1, 0.15) is 12.4 Å². The Balaban J connectivity index is 1.53. The molecule has 4 nitrogen and oxygen atoms in total. The van der Waals surface area contributed by atoms with E-state index in [1.54, 1.807) is 17.0 Å². The molecule has 0 bridgehead atoms. The van der Waals surface area contributed by atoms with Crippen LogP contribution in [-0.4, -0.2) is 37.8 Å². The second-order valence-corrected chi connectivity index (χ2v) is 7.45. The van der Waals surface area contributed by atoms with Crippen molar-refractivity contribution in [1.82, 2.24) is 0 Å². The lowest BCUT2D eigenvalue weighted by Crippen LogP contribution is -3.18. The van der Waals surface area contributed by atoms with Crippen LogP contribution in [0.15, 0.2) is 24.3 Å². The van der Waals surface area contributed by atoms with Crippen molar-refractivity contribution < 1.29 is 19.2 Å². The van der Waals surface area contributed by atoms with Gasteiger partial charge < -0.3 is 14.4 Å². The fraction of sp³-hybridized carbons (Fsp3) is 0.650. The maximum atomic E-state index is 12.3. The molecule has 0 aromatic heterocycles. The van der Waals surface area contributed by atoms with Crippen molar-refractivity contribution in [3.05, 3.63) is 29.8 Å². The molecular weight excluding hydrogens is 302 g/mol. The molecule has 0 spiro atoms. The van der Waals surface area contributed by atoms with Crippen LogP contribution in [0.1, 0.15) is 56.3 Å². The minimum Gasteiger partial charge on any atom is -0.491 e. The van der Waals surface area contributed by atoms with Gasteiger partial charge in [-0.25, -0.2) is 4.79 Å². The molecule has 2 saturated heterocycles. The first-order chi connectivity index (χ1) is 11.6. The highest BCUT2D eigenvalue weighted by Gasteiger charge is 2.37. The molecule has 0 radical (unpaired) electrons. The van der Waals surface area contributed by atoms with Gasteiger partial charge in [-0.05, 0) is 70.2 Å². The number of carbonyl (C=O) groups excluding carboxylic acids is 1. The number of quaternary nitrogens is 1. The van der Waals surface area contributed by atoms with E-state index < -0.39 is 0 Å². The fourth-order valence-electron chi connectivity index (χ4n) is 4.19. The van der Waals surface area contributed by atoms with Crippen LogP contribution < -0.4 is 9.64 Å². The molecule has 4 heteroatoms. The summed E-state index contributed by atoms with van der Waals surface area (Å²) >= 11 is 0. The molecule has 2 aliphatic heterocycles. The Morgan fingerprint density at radius 3 is 2.62 bits per heavy atom. The average Bonchev–Trinajstić information content (AvgIpc) is 2.59. The number of fused-ring (bicyclic) bond motifs is 1. The molecule has 1 unspecified atom stereocenters. The van der Waals surface area contributed by atoms with Crippen molar-refractivity contribution in [1.29, 1.82) is 0 Å². The highest BCUT2D eigenvalue weighted by molar-refractivity contribution is 5.89. The number of piperidine rings is 2. The van der Waals surface area contributed by atoms with Gasteiger partial charge in [0.05, 0.1) is 30.8 Å². The third-order valence-corrected chi connectivity index (χ3v) is 5.32. The molecule has 2 fully saturated rings. The number of ether oxygens (including phenoxy) is 2. The van der Waals surface area contributed by atoms with Crippen molar-refractivity contribution in [2.45, 2.75) is 58.1 Å². The quantitative estimate of drug-likeness (QED) is 0.842. The number of benzene rings is 1. The van der Waals surface area contributed by atoms with E-state index >= 15 is 0 Å². The van der Waals surface area contributed by atoms with Crippen molar-refractivity contribution in [2.75, 3.05) is 19.7 Å². The monoisotopic (exact) mass is 332 g/mol. The first-order valence-electron chi connectivity index (χ1n) is 9.42. The molecule has 0 saturated carbocycles. The van der Waals surface area contributed by atoms with E-state index in [-0.39, 0.29) is 12.1 Å². The molecule has 2 heterocycles. The summed E-state index contributed by atoms with van der Waals surface area (Å²) in [5, 5.41) is 0. The zero-order chi connectivity index (χ0) is 16.9. The topological polar surface area (TPSA) is 40.0 Å². The van der Waals surface area contributed by atoms with Crippen molar-refractivity contribution in [3.63, 3.8) is 0 Å². The lowest BCUT2D eigenvalue weighted by Gasteiger charge is -2.40. The van der Waals surface area contributed by atoms with Crippen LogP contribution in [0.2, 0.25) is 0 Å². The molecule has 132 valence electrons. The maximum absolute atomic E-state index is 12.3. The van der Waals surface area contributed by atoms with Gasteiger partial charge >= 0.3 is 5.97 Å². The number of hydrogen-bond acceptors (Lipinski definition) is 3. The van der Waals surface area contributed by atoms with E-state index in [1.165, 1.54) is 45.2 Å². The van der Waals surface area contributed by atoms with E-state index in [1.807, 2.05) is 26.0 Å². The lowest BCUT2D eigenvalue weighted by molar-refractivity contribution is -0.940. The van der Waals surface area contributed by atoms with Crippen LogP contribution in [-0.2, 0) is 4.74 Å². The van der Waals surface area contributed by atoms with Crippen LogP contribution in [0.4, 0.5) is 0 Å². The van der Waals surface area contributed by atoms with E-state index in [2.05, 4.69) is 0 Å². The SMILES string of the molecule is CC(C)Oc1ccc(C(=O)OC[C@@H]2CCC[NH+]3CCCC[C@@H]23)cc1. The molecule has 0 aliphatic carbocycles. The van der Waals surface area contributed by atoms with Gasteiger partial charge in [-0.3, -0.25) is 0 Å². The second-order valence-electron chi connectivity index (χ2n) is 7.45. The highest BCUT2D eigenvalue weighted by atomic mass is 16.5. The molecule has 3 rings (SSSR count). The molecule has 2 aliphatic rings. The lowest BCUT2D eigenvalue weighted by atomic mass is 9.84. The third kappa shape index (κ3) is 4.29. The van der Waals surface area contributed by atoms with Crippen LogP contribution in [0, 0.1) is 5.92 Å². The first-order valence-corrected chi connectivity index (χ1v) is 9.42. The van der Waals surface area contributed by atoms with Crippen molar-refractivity contribution in [2.24, 2.45) is 5.92 Å². The summed E-state index contributed by atoms with van der Waals surface area (Å²) in [6, 6.07) is 7.95. The van der Waals surface area contributed by atoms with Crippen LogP contribution in [0.3, 0.4) is 0 Å². The molecule has 0 amide bonds. The van der Waals surface area contributed by atoms with E-state index in [0.29, 0.717) is 24.1 Å². The standard InChI is InChI=1S/C20H29NO3/c1-15(2)24-18-10-8-16(9-11-18)20(22)23-14-17-6-5-13-21-12-4-3-7-19(17)21/h8-11,15,17,19H,3-7,12-14H2,1-2H3/p+1/t17-,19-/m0/s1. The zero-order valence-corrected chi connectivity index (χ0v) is 14.9. The molecule has 1 aromatic rings. The average molecular weight is 332 g/mol. The number of esters is 1. The van der Waals surface area contributed by atoms with Gasteiger partial charge in [-0.1, -0.05) is 0 Å². The van der Waals surface area contributed by atoms with E-state index in [9.17, 15) is 4.79 Å². The molecule has 1 N–H and O–H groups in total. The summed E-state index contributed by atoms with van der Waals surface area (Å²) in [5.74, 6) is 1.10. The Hall–Kier alpha value is -1.55. The second kappa shape index (κ2) is 8.02. The number of rotatable bonds is 5. The Morgan fingerprint density at radius 2 is 1.88 bits per heavy atom. The predicted octanol–water partition coefficient (Wildman–Crippen LogP) is 2.48. The zero-order valence-electron chi connectivity index (χ0n) is 14.9. The Labute approximate surface area is 145 Å². The minimum absolute atomic E-state index is 0.134. The summed E-state index contributed by atoms with van der Waals surface area (Å²) < 4.78 is 11.3. The van der Waals surface area contributed by atoms with Crippen LogP contribution >= 0.6 is 0 Å². The van der Waals surface area contributed by atoms with E-state index in [0.717, 1.165) is 5.75 Å². The predicted molar refractivity (Wildman–Crippen MR) is 93.5 cm³/mol. The molecule has 3 atom stereocenters. The Bertz CT molecular complexity index is 538. The number of nitrogens with one attached hydrogen (secondary N) is 1. The summed E-state index contributed by atoms with van der Waals surface area (Å²) in [4.78, 5) is 14.1. The van der Waals surface area contributed by atoms with Gasteiger partial charge in [0.25, 0.3) is 0 Å². The van der Waals surface area contributed by atoms with Crippen molar-refractivity contribution >= 4 is 5.97 Å². The highest BCUT2D eigenvalue weighted by Crippen LogP contribution is 2.21. The van der Waals surface area contributed by atoms with Gasteiger partial charge in [0.2, 0.25) is 0 Å².